The van der Waals surface area contributed by atoms with Crippen LogP contribution in [0.2, 0.25) is 0 Å². The van der Waals surface area contributed by atoms with Gasteiger partial charge in [-0.05, 0) is 31.0 Å². The van der Waals surface area contributed by atoms with Gasteiger partial charge in [0.25, 0.3) is 11.5 Å². The molecule has 1 aromatic carbocycles. The normalized spacial score (nSPS) is 12.1. The topological polar surface area (TPSA) is 83.7 Å². The first-order valence-electron chi connectivity index (χ1n) is 7.56. The van der Waals surface area contributed by atoms with Crippen LogP contribution in [0.4, 0.5) is 0 Å². The van der Waals surface area contributed by atoms with Crippen molar-refractivity contribution in [1.82, 2.24) is 14.7 Å². The Hall–Kier alpha value is -3.15. The number of hydrogen-bond donors (Lipinski definition) is 2. The Balaban J connectivity index is 2.00. The Morgan fingerprint density at radius 1 is 1.21 bits per heavy atom. The molecular formula is C18H17N3O3. The predicted molar refractivity (Wildman–Crippen MR) is 90.2 cm³/mol. The number of aryl methyl sites for hydroxylation is 1. The number of rotatable bonds is 3. The SMILES string of the molecule is Cc1cccn2c(=O)c(C(=O)N[C@@H](C)c3ccccc3)c(O)nc12. The van der Waals surface area contributed by atoms with Gasteiger partial charge in [0.15, 0.2) is 5.56 Å². The van der Waals surface area contributed by atoms with Crippen molar-refractivity contribution >= 4 is 11.6 Å². The van der Waals surface area contributed by atoms with Crippen molar-refractivity contribution in [2.45, 2.75) is 19.9 Å². The van der Waals surface area contributed by atoms with Gasteiger partial charge >= 0.3 is 0 Å². The molecule has 1 atom stereocenters. The Morgan fingerprint density at radius 3 is 2.62 bits per heavy atom. The summed E-state index contributed by atoms with van der Waals surface area (Å²) in [5.41, 5.74) is 0.997. The summed E-state index contributed by atoms with van der Waals surface area (Å²) in [6.45, 7) is 3.58. The lowest BCUT2D eigenvalue weighted by molar-refractivity contribution is 0.0934. The van der Waals surface area contributed by atoms with Gasteiger partial charge in [-0.25, -0.2) is 0 Å². The molecule has 3 rings (SSSR count). The first-order chi connectivity index (χ1) is 11.5. The van der Waals surface area contributed by atoms with E-state index in [-0.39, 0.29) is 11.6 Å². The number of nitrogens with zero attached hydrogens (tertiary/aromatic N) is 2. The van der Waals surface area contributed by atoms with Crippen molar-refractivity contribution in [1.29, 1.82) is 0 Å². The first kappa shape index (κ1) is 15.7. The van der Waals surface area contributed by atoms with E-state index in [9.17, 15) is 14.7 Å². The number of aromatic nitrogens is 2. The smallest absolute Gasteiger partial charge is 0.274 e. The van der Waals surface area contributed by atoms with Crippen LogP contribution in [-0.4, -0.2) is 20.4 Å². The number of amides is 1. The monoisotopic (exact) mass is 323 g/mol. The summed E-state index contributed by atoms with van der Waals surface area (Å²) in [6, 6.07) is 12.5. The molecule has 0 aliphatic heterocycles. The number of hydrogen-bond acceptors (Lipinski definition) is 4. The van der Waals surface area contributed by atoms with Gasteiger partial charge in [-0.2, -0.15) is 4.98 Å². The largest absolute Gasteiger partial charge is 0.493 e. The van der Waals surface area contributed by atoms with Crippen molar-refractivity contribution in [2.75, 3.05) is 0 Å². The molecule has 0 saturated carbocycles. The molecule has 3 aromatic rings. The number of nitrogens with one attached hydrogen (secondary N) is 1. The third kappa shape index (κ3) is 2.74. The summed E-state index contributed by atoms with van der Waals surface area (Å²) in [5.74, 6) is -1.22. The molecule has 0 unspecified atom stereocenters. The van der Waals surface area contributed by atoms with Crippen LogP contribution in [-0.2, 0) is 0 Å². The highest BCUT2D eigenvalue weighted by Gasteiger charge is 2.22. The van der Waals surface area contributed by atoms with E-state index >= 15 is 0 Å². The third-order valence-electron chi connectivity index (χ3n) is 3.90. The molecule has 0 radical (unpaired) electrons. The quantitative estimate of drug-likeness (QED) is 0.774. The maximum Gasteiger partial charge on any atom is 0.274 e. The zero-order chi connectivity index (χ0) is 17.3. The number of carbonyl (C=O) groups excluding carboxylic acids is 1. The molecule has 6 nitrogen and oxygen atoms in total. The summed E-state index contributed by atoms with van der Waals surface area (Å²) in [7, 11) is 0. The first-order valence-corrected chi connectivity index (χ1v) is 7.56. The highest BCUT2D eigenvalue weighted by molar-refractivity contribution is 5.96. The lowest BCUT2D eigenvalue weighted by Gasteiger charge is -2.15. The molecule has 2 heterocycles. The highest BCUT2D eigenvalue weighted by Crippen LogP contribution is 2.16. The average molecular weight is 323 g/mol. The van der Waals surface area contributed by atoms with Crippen LogP contribution in [0.1, 0.15) is 34.5 Å². The second-order valence-corrected chi connectivity index (χ2v) is 5.61. The van der Waals surface area contributed by atoms with Gasteiger partial charge in [-0.1, -0.05) is 36.4 Å². The lowest BCUT2D eigenvalue weighted by atomic mass is 10.1. The van der Waals surface area contributed by atoms with Gasteiger partial charge in [-0.15, -0.1) is 0 Å². The zero-order valence-corrected chi connectivity index (χ0v) is 13.4. The van der Waals surface area contributed by atoms with E-state index in [1.165, 1.54) is 10.6 Å². The summed E-state index contributed by atoms with van der Waals surface area (Å²) in [5, 5.41) is 12.8. The zero-order valence-electron chi connectivity index (χ0n) is 13.4. The number of aromatic hydroxyl groups is 1. The minimum Gasteiger partial charge on any atom is -0.493 e. The predicted octanol–water partition coefficient (Wildman–Crippen LogP) is 2.20. The molecule has 0 spiro atoms. The molecule has 0 fully saturated rings. The second-order valence-electron chi connectivity index (χ2n) is 5.61. The van der Waals surface area contributed by atoms with Crippen LogP contribution in [0.3, 0.4) is 0 Å². The van der Waals surface area contributed by atoms with Crippen molar-refractivity contribution in [3.63, 3.8) is 0 Å². The average Bonchev–Trinajstić information content (AvgIpc) is 2.57. The van der Waals surface area contributed by atoms with E-state index in [0.717, 1.165) is 11.1 Å². The summed E-state index contributed by atoms with van der Waals surface area (Å²) >= 11 is 0. The van der Waals surface area contributed by atoms with E-state index in [1.54, 1.807) is 26.0 Å². The molecule has 2 N–H and O–H groups in total. The maximum atomic E-state index is 12.6. The van der Waals surface area contributed by atoms with Gasteiger partial charge in [-0.3, -0.25) is 14.0 Å². The molecule has 0 aliphatic rings. The molecule has 6 heteroatoms. The van der Waals surface area contributed by atoms with Crippen LogP contribution < -0.4 is 10.9 Å². The fourth-order valence-electron chi connectivity index (χ4n) is 2.58. The highest BCUT2D eigenvalue weighted by atomic mass is 16.3. The van der Waals surface area contributed by atoms with Crippen LogP contribution in [0, 0.1) is 6.92 Å². The van der Waals surface area contributed by atoms with Gasteiger partial charge in [0.05, 0.1) is 6.04 Å². The molecular weight excluding hydrogens is 306 g/mol. The Kier molecular flexibility index (Phi) is 4.04. The number of fused-ring (bicyclic) bond motifs is 1. The minimum atomic E-state index is -0.655. The lowest BCUT2D eigenvalue weighted by Crippen LogP contribution is -2.33. The van der Waals surface area contributed by atoms with Crippen LogP contribution >= 0.6 is 0 Å². The second kappa shape index (κ2) is 6.16. The van der Waals surface area contributed by atoms with Crippen LogP contribution in [0.15, 0.2) is 53.5 Å². The summed E-state index contributed by atoms with van der Waals surface area (Å²) < 4.78 is 1.26. The number of carbonyl (C=O) groups is 1. The number of benzene rings is 1. The summed E-state index contributed by atoms with van der Waals surface area (Å²) in [6.07, 6.45) is 1.52. The maximum absolute atomic E-state index is 12.6. The van der Waals surface area contributed by atoms with E-state index < -0.39 is 17.3 Å². The fourth-order valence-corrected chi connectivity index (χ4v) is 2.58. The third-order valence-corrected chi connectivity index (χ3v) is 3.90. The van der Waals surface area contributed by atoms with Gasteiger partial charge in [0.1, 0.15) is 5.65 Å². The molecule has 0 saturated heterocycles. The van der Waals surface area contributed by atoms with Gasteiger partial charge < -0.3 is 10.4 Å². The molecule has 24 heavy (non-hydrogen) atoms. The Labute approximate surface area is 138 Å². The molecule has 0 aliphatic carbocycles. The van der Waals surface area contributed by atoms with Gasteiger partial charge in [0.2, 0.25) is 5.88 Å². The van der Waals surface area contributed by atoms with Crippen molar-refractivity contribution in [3.05, 3.63) is 75.7 Å². The molecule has 122 valence electrons. The fraction of sp³-hybridized carbons (Fsp3) is 0.167. The summed E-state index contributed by atoms with van der Waals surface area (Å²) in [4.78, 5) is 29.0. The standard InChI is InChI=1S/C18H17N3O3/c1-11-7-6-10-21-15(11)20-17(23)14(18(21)24)16(22)19-12(2)13-8-4-3-5-9-13/h3-10,12,23H,1-2H3,(H,19,22)/t12-/m0/s1. The molecule has 1 amide bonds. The van der Waals surface area contributed by atoms with E-state index in [4.69, 9.17) is 0 Å². The molecule has 2 aromatic heterocycles. The van der Waals surface area contributed by atoms with Crippen LogP contribution in [0.25, 0.3) is 5.65 Å². The van der Waals surface area contributed by atoms with Crippen LogP contribution in [0.5, 0.6) is 5.88 Å². The van der Waals surface area contributed by atoms with Gasteiger partial charge in [0, 0.05) is 6.20 Å². The van der Waals surface area contributed by atoms with Crippen molar-refractivity contribution in [3.8, 4) is 5.88 Å². The Bertz CT molecular complexity index is 964. The minimum absolute atomic E-state index is 0.310. The van der Waals surface area contributed by atoms with E-state index in [2.05, 4.69) is 10.3 Å². The van der Waals surface area contributed by atoms with Crippen molar-refractivity contribution < 1.29 is 9.90 Å². The van der Waals surface area contributed by atoms with E-state index in [0.29, 0.717) is 5.65 Å². The van der Waals surface area contributed by atoms with E-state index in [1.807, 2.05) is 30.3 Å². The Morgan fingerprint density at radius 2 is 1.92 bits per heavy atom. The number of pyridine rings is 1. The van der Waals surface area contributed by atoms with Crippen molar-refractivity contribution in [2.24, 2.45) is 0 Å². The molecule has 0 bridgehead atoms.